The molecule has 33 heavy (non-hydrogen) atoms. The predicted octanol–water partition coefficient (Wildman–Crippen LogP) is 4.38. The molecule has 2 aromatic heterocycles. The molecule has 7 nitrogen and oxygen atoms in total. The lowest BCUT2D eigenvalue weighted by Crippen LogP contribution is -2.30. The molecule has 3 aromatic carbocycles. The molecule has 0 bridgehead atoms. The summed E-state index contributed by atoms with van der Waals surface area (Å²) >= 11 is 0. The molecule has 0 saturated heterocycles. The second kappa shape index (κ2) is 6.92. The number of hydrogen-bond donors (Lipinski definition) is 1. The molecule has 2 amide bonds. The normalized spacial score (nSPS) is 13.7. The van der Waals surface area contributed by atoms with Gasteiger partial charge in [-0.25, -0.2) is 0 Å². The SMILES string of the molecule is CCn1c2ccccc2c2c3c(c4c5ccccc5n(CCC#N)c4c21)C(=O)N(CO)C3=O. The molecular weight excluding hydrogens is 416 g/mol. The number of hydrogen-bond acceptors (Lipinski definition) is 4. The van der Waals surface area contributed by atoms with Gasteiger partial charge in [0.15, 0.2) is 0 Å². The molecule has 1 aliphatic rings. The van der Waals surface area contributed by atoms with Crippen LogP contribution in [0.5, 0.6) is 0 Å². The quantitative estimate of drug-likeness (QED) is 0.423. The molecule has 0 atom stereocenters. The van der Waals surface area contributed by atoms with Crippen LogP contribution in [0.25, 0.3) is 43.6 Å². The van der Waals surface area contributed by atoms with Crippen LogP contribution in [0.15, 0.2) is 48.5 Å². The van der Waals surface area contributed by atoms with Crippen molar-refractivity contribution in [3.8, 4) is 6.07 Å². The maximum atomic E-state index is 13.5. The highest BCUT2D eigenvalue weighted by Gasteiger charge is 2.41. The Morgan fingerprint density at radius 3 is 1.88 bits per heavy atom. The molecule has 0 spiro atoms. The van der Waals surface area contributed by atoms with E-state index in [4.69, 9.17) is 0 Å². The van der Waals surface area contributed by atoms with E-state index in [-0.39, 0.29) is 0 Å². The smallest absolute Gasteiger partial charge is 0.264 e. The molecule has 6 rings (SSSR count). The first-order chi connectivity index (χ1) is 16.1. The zero-order valence-corrected chi connectivity index (χ0v) is 18.0. The molecule has 0 radical (unpaired) electrons. The number of amides is 2. The van der Waals surface area contributed by atoms with E-state index in [1.54, 1.807) is 0 Å². The van der Waals surface area contributed by atoms with Gasteiger partial charge in [-0.1, -0.05) is 36.4 Å². The van der Waals surface area contributed by atoms with Crippen LogP contribution in [0.1, 0.15) is 34.1 Å². The molecule has 1 aliphatic heterocycles. The summed E-state index contributed by atoms with van der Waals surface area (Å²) in [6.07, 6.45) is 0.314. The average Bonchev–Trinajstić information content (AvgIpc) is 3.43. The molecule has 3 heterocycles. The number of rotatable bonds is 4. The lowest BCUT2D eigenvalue weighted by atomic mass is 9.96. The summed E-state index contributed by atoms with van der Waals surface area (Å²) in [5, 5.41) is 22.4. The highest BCUT2D eigenvalue weighted by molar-refractivity contribution is 6.39. The van der Waals surface area contributed by atoms with Crippen LogP contribution in [0.2, 0.25) is 0 Å². The van der Waals surface area contributed by atoms with Gasteiger partial charge in [-0.15, -0.1) is 0 Å². The molecule has 1 N–H and O–H groups in total. The van der Waals surface area contributed by atoms with E-state index in [1.165, 1.54) is 0 Å². The van der Waals surface area contributed by atoms with Gasteiger partial charge < -0.3 is 14.2 Å². The fourth-order valence-corrected chi connectivity index (χ4v) is 5.50. The zero-order chi connectivity index (χ0) is 22.9. The Morgan fingerprint density at radius 2 is 1.36 bits per heavy atom. The fraction of sp³-hybridized carbons (Fsp3) is 0.192. The first-order valence-corrected chi connectivity index (χ1v) is 11.0. The fourth-order valence-electron chi connectivity index (χ4n) is 5.50. The van der Waals surface area contributed by atoms with Gasteiger partial charge in [0.05, 0.1) is 34.7 Å². The van der Waals surface area contributed by atoms with Crippen LogP contribution in [0.3, 0.4) is 0 Å². The standard InChI is InChI=1S/C26H20N4O3/c1-2-28-17-10-5-3-8-15(17)19-21-22(26(33)30(14-31)25(21)32)20-16-9-4-6-11-18(16)29(13-7-12-27)24(20)23(19)28/h3-6,8-11,31H,2,7,13-14H2,1H3. The van der Waals surface area contributed by atoms with Gasteiger partial charge in [0.1, 0.15) is 6.73 Å². The van der Waals surface area contributed by atoms with Crippen molar-refractivity contribution in [2.24, 2.45) is 0 Å². The third-order valence-corrected chi connectivity index (χ3v) is 6.74. The summed E-state index contributed by atoms with van der Waals surface area (Å²) in [7, 11) is 0. The second-order valence-corrected chi connectivity index (χ2v) is 8.22. The number of aromatic nitrogens is 2. The minimum Gasteiger partial charge on any atom is -0.376 e. The van der Waals surface area contributed by atoms with Crippen molar-refractivity contribution in [2.45, 2.75) is 26.4 Å². The van der Waals surface area contributed by atoms with E-state index in [1.807, 2.05) is 48.5 Å². The van der Waals surface area contributed by atoms with E-state index in [0.717, 1.165) is 43.1 Å². The van der Waals surface area contributed by atoms with Crippen molar-refractivity contribution in [3.63, 3.8) is 0 Å². The maximum absolute atomic E-state index is 13.5. The van der Waals surface area contributed by atoms with Crippen LogP contribution in [0.4, 0.5) is 0 Å². The average molecular weight is 436 g/mol. The van der Waals surface area contributed by atoms with Gasteiger partial charge in [-0.05, 0) is 19.1 Å². The Kier molecular flexibility index (Phi) is 4.10. The van der Waals surface area contributed by atoms with Crippen molar-refractivity contribution in [1.29, 1.82) is 5.26 Å². The summed E-state index contributed by atoms with van der Waals surface area (Å²) in [5.41, 5.74) is 4.30. The number of aliphatic hydroxyl groups excluding tert-OH is 1. The number of carbonyl (C=O) groups excluding carboxylic acids is 2. The van der Waals surface area contributed by atoms with Crippen molar-refractivity contribution in [2.75, 3.05) is 6.73 Å². The van der Waals surface area contributed by atoms with Crippen molar-refractivity contribution < 1.29 is 14.7 Å². The Labute approximate surface area is 188 Å². The third kappa shape index (κ3) is 2.31. The van der Waals surface area contributed by atoms with Crippen molar-refractivity contribution in [1.82, 2.24) is 14.0 Å². The number of imide groups is 1. The van der Waals surface area contributed by atoms with Crippen LogP contribution < -0.4 is 0 Å². The third-order valence-electron chi connectivity index (χ3n) is 6.74. The van der Waals surface area contributed by atoms with Gasteiger partial charge in [-0.3, -0.25) is 14.5 Å². The number of nitriles is 1. The molecule has 162 valence electrons. The van der Waals surface area contributed by atoms with E-state index in [9.17, 15) is 20.0 Å². The summed E-state index contributed by atoms with van der Waals surface area (Å²) in [6, 6.07) is 17.9. The summed E-state index contributed by atoms with van der Waals surface area (Å²) in [4.78, 5) is 27.8. The van der Waals surface area contributed by atoms with Crippen LogP contribution in [-0.4, -0.2) is 37.7 Å². The zero-order valence-electron chi connectivity index (χ0n) is 18.0. The molecular formula is C26H20N4O3. The predicted molar refractivity (Wildman–Crippen MR) is 126 cm³/mol. The monoisotopic (exact) mass is 436 g/mol. The highest BCUT2D eigenvalue weighted by atomic mass is 16.3. The Hall–Kier alpha value is -4.15. The summed E-state index contributed by atoms with van der Waals surface area (Å²) in [6.45, 7) is 2.52. The highest BCUT2D eigenvalue weighted by Crippen LogP contribution is 2.46. The molecule has 0 saturated carbocycles. The van der Waals surface area contributed by atoms with E-state index < -0.39 is 18.5 Å². The number of nitrogens with zero attached hydrogens (tertiary/aromatic N) is 4. The van der Waals surface area contributed by atoms with Gasteiger partial charge in [0, 0.05) is 45.7 Å². The minimum absolute atomic E-state index is 0.314. The summed E-state index contributed by atoms with van der Waals surface area (Å²) < 4.78 is 4.27. The van der Waals surface area contributed by atoms with Gasteiger partial charge >= 0.3 is 0 Å². The minimum atomic E-state index is -0.672. The van der Waals surface area contributed by atoms with Gasteiger partial charge in [-0.2, -0.15) is 5.26 Å². The number of carbonyl (C=O) groups is 2. The van der Waals surface area contributed by atoms with Crippen LogP contribution >= 0.6 is 0 Å². The van der Waals surface area contributed by atoms with E-state index >= 15 is 0 Å². The largest absolute Gasteiger partial charge is 0.376 e. The topological polar surface area (TPSA) is 91.3 Å². The Balaban J connectivity index is 1.99. The first-order valence-electron chi connectivity index (χ1n) is 11.0. The second-order valence-electron chi connectivity index (χ2n) is 8.22. The summed E-state index contributed by atoms with van der Waals surface area (Å²) in [5.74, 6) is -0.960. The molecule has 0 aliphatic carbocycles. The lowest BCUT2D eigenvalue weighted by molar-refractivity contribution is 0.0491. The maximum Gasteiger partial charge on any atom is 0.264 e. The first kappa shape index (κ1) is 19.5. The number of aryl methyl sites for hydroxylation is 2. The van der Waals surface area contributed by atoms with Gasteiger partial charge in [0.25, 0.3) is 11.8 Å². The van der Waals surface area contributed by atoms with Crippen molar-refractivity contribution >= 4 is 55.4 Å². The van der Waals surface area contributed by atoms with Crippen molar-refractivity contribution in [3.05, 3.63) is 59.7 Å². The number of fused-ring (bicyclic) bond motifs is 10. The van der Waals surface area contributed by atoms with E-state index in [2.05, 4.69) is 22.1 Å². The van der Waals surface area contributed by atoms with Crippen LogP contribution in [-0.2, 0) is 13.1 Å². The molecule has 7 heteroatoms. The Bertz CT molecular complexity index is 1700. The van der Waals surface area contributed by atoms with Gasteiger partial charge in [0.2, 0.25) is 0 Å². The Morgan fingerprint density at radius 1 is 0.848 bits per heavy atom. The molecule has 5 aromatic rings. The van der Waals surface area contributed by atoms with E-state index in [0.29, 0.717) is 36.0 Å². The molecule has 0 unspecified atom stereocenters. The lowest BCUT2D eigenvalue weighted by Gasteiger charge is -2.11. The molecule has 0 fully saturated rings. The number of aliphatic hydroxyl groups is 1. The van der Waals surface area contributed by atoms with Crippen LogP contribution in [0, 0.1) is 11.3 Å². The number of para-hydroxylation sites is 2. The number of benzene rings is 3.